The molecular formula is C26H21FN2O5. The topological polar surface area (TPSA) is 79.7 Å². The van der Waals surface area contributed by atoms with E-state index in [1.54, 1.807) is 66.7 Å². The van der Waals surface area contributed by atoms with Gasteiger partial charge in [-0.05, 0) is 30.3 Å². The van der Waals surface area contributed by atoms with E-state index in [1.165, 1.54) is 25.0 Å². The molecule has 0 bridgehead atoms. The third-order valence-corrected chi connectivity index (χ3v) is 5.14. The smallest absolute Gasteiger partial charge is 0.357 e. The number of esters is 2. The molecule has 0 atom stereocenters. The summed E-state index contributed by atoms with van der Waals surface area (Å²) >= 11 is 0. The number of benzene rings is 3. The number of carbonyl (C=O) groups is 2. The minimum absolute atomic E-state index is 0.0412. The summed E-state index contributed by atoms with van der Waals surface area (Å²) in [5, 5.41) is 4.58. The first-order valence-electron chi connectivity index (χ1n) is 10.4. The maximum Gasteiger partial charge on any atom is 0.357 e. The van der Waals surface area contributed by atoms with Gasteiger partial charge in [0, 0.05) is 11.1 Å². The first kappa shape index (κ1) is 22.7. The lowest BCUT2D eigenvalue weighted by molar-refractivity contribution is 0.0549. The molecule has 0 aliphatic carbocycles. The third kappa shape index (κ3) is 4.38. The minimum atomic E-state index is -0.763. The zero-order valence-corrected chi connectivity index (χ0v) is 18.5. The Morgan fingerprint density at radius 1 is 0.853 bits per heavy atom. The molecule has 7 nitrogen and oxygen atoms in total. The van der Waals surface area contributed by atoms with Crippen LogP contribution in [0.1, 0.15) is 26.4 Å². The van der Waals surface area contributed by atoms with E-state index >= 15 is 0 Å². The van der Waals surface area contributed by atoms with Crippen LogP contribution in [0.25, 0.3) is 16.9 Å². The Bertz CT molecular complexity index is 1330. The fourth-order valence-corrected chi connectivity index (χ4v) is 3.50. The number of halogens is 1. The highest BCUT2D eigenvalue weighted by atomic mass is 19.1. The highest BCUT2D eigenvalue weighted by Gasteiger charge is 2.32. The summed E-state index contributed by atoms with van der Waals surface area (Å²) in [7, 11) is 2.43. The lowest BCUT2D eigenvalue weighted by Crippen LogP contribution is -2.15. The summed E-state index contributed by atoms with van der Waals surface area (Å²) < 4.78 is 31.3. The Hall–Kier alpha value is -4.46. The van der Waals surface area contributed by atoms with Crippen LogP contribution in [0.2, 0.25) is 0 Å². The molecule has 0 aliphatic heterocycles. The minimum Gasteiger partial charge on any atom is -0.488 e. The van der Waals surface area contributed by atoms with Crippen LogP contribution in [0.15, 0.2) is 78.9 Å². The molecule has 4 rings (SSSR count). The van der Waals surface area contributed by atoms with Crippen LogP contribution in [-0.4, -0.2) is 35.9 Å². The van der Waals surface area contributed by atoms with Crippen LogP contribution in [0.4, 0.5) is 4.39 Å². The maximum absolute atomic E-state index is 14.1. The van der Waals surface area contributed by atoms with Crippen molar-refractivity contribution in [2.45, 2.75) is 6.61 Å². The van der Waals surface area contributed by atoms with Gasteiger partial charge >= 0.3 is 11.9 Å². The molecule has 0 N–H and O–H groups in total. The van der Waals surface area contributed by atoms with Crippen molar-refractivity contribution in [2.75, 3.05) is 14.2 Å². The van der Waals surface area contributed by atoms with E-state index < -0.39 is 17.8 Å². The van der Waals surface area contributed by atoms with Gasteiger partial charge in [-0.15, -0.1) is 0 Å². The molecule has 172 valence electrons. The molecule has 3 aromatic carbocycles. The maximum atomic E-state index is 14.1. The van der Waals surface area contributed by atoms with Crippen molar-refractivity contribution in [1.29, 1.82) is 0 Å². The number of hydrogen-bond acceptors (Lipinski definition) is 6. The van der Waals surface area contributed by atoms with Crippen molar-refractivity contribution in [2.24, 2.45) is 0 Å². The Labute approximate surface area is 195 Å². The summed E-state index contributed by atoms with van der Waals surface area (Å²) in [5.41, 5.74) is 1.36. The van der Waals surface area contributed by atoms with Gasteiger partial charge in [0.05, 0.1) is 19.9 Å². The molecule has 0 saturated heterocycles. The number of aromatic nitrogens is 2. The summed E-state index contributed by atoms with van der Waals surface area (Å²) in [6, 6.07) is 22.0. The van der Waals surface area contributed by atoms with Crippen molar-refractivity contribution in [1.82, 2.24) is 9.78 Å². The van der Waals surface area contributed by atoms with Gasteiger partial charge in [0.1, 0.15) is 29.4 Å². The second-order valence-corrected chi connectivity index (χ2v) is 7.18. The van der Waals surface area contributed by atoms with Crippen molar-refractivity contribution in [3.8, 4) is 22.7 Å². The SMILES string of the molecule is COC(=O)c1c(-c2ccccc2OCc2ccccc2F)nn(-c2ccccc2)c1C(=O)OC. The number of ether oxygens (including phenoxy) is 3. The number of carbonyl (C=O) groups excluding carboxylic acids is 2. The van der Waals surface area contributed by atoms with Gasteiger partial charge in [-0.1, -0.05) is 48.5 Å². The van der Waals surface area contributed by atoms with Crippen LogP contribution < -0.4 is 4.74 Å². The standard InChI is InChI=1S/C26H21FN2O5/c1-32-25(30)22-23(28-29(24(22)26(31)33-2)18-11-4-3-5-12-18)19-13-7-9-15-21(19)34-16-17-10-6-8-14-20(17)27/h3-15H,16H2,1-2H3. The van der Waals surface area contributed by atoms with Crippen molar-refractivity contribution >= 4 is 11.9 Å². The molecule has 1 aromatic heterocycles. The van der Waals surface area contributed by atoms with Gasteiger partial charge in [0.25, 0.3) is 0 Å². The zero-order chi connectivity index (χ0) is 24.1. The van der Waals surface area contributed by atoms with E-state index in [2.05, 4.69) is 5.10 Å². The molecule has 0 amide bonds. The molecule has 0 unspecified atom stereocenters. The summed E-state index contributed by atoms with van der Waals surface area (Å²) in [5.74, 6) is -1.56. The average molecular weight is 460 g/mol. The van der Waals surface area contributed by atoms with E-state index in [0.29, 0.717) is 22.6 Å². The van der Waals surface area contributed by atoms with Crippen molar-refractivity contribution in [3.63, 3.8) is 0 Å². The van der Waals surface area contributed by atoms with Gasteiger partial charge in [-0.3, -0.25) is 0 Å². The average Bonchev–Trinajstić information content (AvgIpc) is 3.28. The molecule has 34 heavy (non-hydrogen) atoms. The zero-order valence-electron chi connectivity index (χ0n) is 18.5. The molecule has 0 spiro atoms. The summed E-state index contributed by atoms with van der Waals surface area (Å²) in [6.07, 6.45) is 0. The second kappa shape index (κ2) is 9.99. The van der Waals surface area contributed by atoms with Crippen LogP contribution in [0, 0.1) is 5.82 Å². The largest absolute Gasteiger partial charge is 0.488 e. The number of rotatable bonds is 7. The van der Waals surface area contributed by atoms with Crippen molar-refractivity contribution < 1.29 is 28.2 Å². The first-order valence-corrected chi connectivity index (χ1v) is 10.4. The lowest BCUT2D eigenvalue weighted by Gasteiger charge is -2.11. The monoisotopic (exact) mass is 460 g/mol. The normalized spacial score (nSPS) is 10.6. The van der Waals surface area contributed by atoms with Gasteiger partial charge < -0.3 is 14.2 Å². The number of methoxy groups -OCH3 is 2. The van der Waals surface area contributed by atoms with E-state index in [4.69, 9.17) is 14.2 Å². The molecule has 0 aliphatic rings. The van der Waals surface area contributed by atoms with Crippen molar-refractivity contribution in [3.05, 3.63) is 102 Å². The van der Waals surface area contributed by atoms with Gasteiger partial charge in [0.2, 0.25) is 0 Å². The van der Waals surface area contributed by atoms with Gasteiger partial charge in [-0.2, -0.15) is 5.10 Å². The number of hydrogen-bond donors (Lipinski definition) is 0. The number of para-hydroxylation sites is 2. The number of nitrogens with zero attached hydrogens (tertiary/aromatic N) is 2. The fraction of sp³-hybridized carbons (Fsp3) is 0.115. The van der Waals surface area contributed by atoms with Crippen LogP contribution in [0.5, 0.6) is 5.75 Å². The van der Waals surface area contributed by atoms with Crippen LogP contribution >= 0.6 is 0 Å². The van der Waals surface area contributed by atoms with E-state index in [-0.39, 0.29) is 23.6 Å². The highest BCUT2D eigenvalue weighted by molar-refractivity contribution is 6.07. The molecule has 0 fully saturated rings. The molecule has 0 radical (unpaired) electrons. The van der Waals surface area contributed by atoms with E-state index in [9.17, 15) is 14.0 Å². The molecule has 1 heterocycles. The van der Waals surface area contributed by atoms with Gasteiger partial charge in [-0.25, -0.2) is 18.7 Å². The van der Waals surface area contributed by atoms with E-state index in [1.807, 2.05) is 6.07 Å². The predicted octanol–water partition coefficient (Wildman–Crippen LogP) is 4.83. The molecule has 0 saturated carbocycles. The second-order valence-electron chi connectivity index (χ2n) is 7.18. The first-order chi connectivity index (χ1) is 16.5. The summed E-state index contributed by atoms with van der Waals surface area (Å²) in [6.45, 7) is -0.0412. The Morgan fingerprint density at radius 2 is 1.50 bits per heavy atom. The Balaban J connectivity index is 1.88. The van der Waals surface area contributed by atoms with E-state index in [0.717, 1.165) is 0 Å². The molecular weight excluding hydrogens is 439 g/mol. The Morgan fingerprint density at radius 3 is 2.21 bits per heavy atom. The highest BCUT2D eigenvalue weighted by Crippen LogP contribution is 2.35. The van der Waals surface area contributed by atoms with Crippen LogP contribution in [0.3, 0.4) is 0 Å². The summed E-state index contributed by atoms with van der Waals surface area (Å²) in [4.78, 5) is 25.6. The van der Waals surface area contributed by atoms with Crippen LogP contribution in [-0.2, 0) is 16.1 Å². The van der Waals surface area contributed by atoms with Gasteiger partial charge in [0.15, 0.2) is 5.69 Å². The predicted molar refractivity (Wildman–Crippen MR) is 122 cm³/mol. The quantitative estimate of drug-likeness (QED) is 0.368. The lowest BCUT2D eigenvalue weighted by atomic mass is 10.0. The third-order valence-electron chi connectivity index (χ3n) is 5.14. The Kier molecular flexibility index (Phi) is 6.68. The molecule has 4 aromatic rings. The molecule has 8 heteroatoms. The fourth-order valence-electron chi connectivity index (χ4n) is 3.50.